The van der Waals surface area contributed by atoms with Gasteiger partial charge < -0.3 is 0 Å². The number of alkyl halides is 3. The zero-order chi connectivity index (χ0) is 20.3. The van der Waals surface area contributed by atoms with E-state index in [1.54, 1.807) is 35.3 Å². The minimum Gasteiger partial charge on any atom is -0.292 e. The van der Waals surface area contributed by atoms with Gasteiger partial charge in [-0.05, 0) is 42.5 Å². The van der Waals surface area contributed by atoms with Crippen LogP contribution in [-0.2, 0) is 6.18 Å². The predicted octanol–water partition coefficient (Wildman–Crippen LogP) is 3.56. The molecular weight excluding hydrogens is 379 g/mol. The summed E-state index contributed by atoms with van der Waals surface area (Å²) < 4.78 is 39.7. The Balaban J connectivity index is 1.73. The third-order valence-corrected chi connectivity index (χ3v) is 3.73. The van der Waals surface area contributed by atoms with Gasteiger partial charge in [-0.3, -0.25) is 25.8 Å². The Bertz CT molecular complexity index is 1000. The molecule has 2 aromatic carbocycles. The lowest BCUT2D eigenvalue weighted by Crippen LogP contribution is -2.29. The second-order valence-corrected chi connectivity index (χ2v) is 5.56. The molecule has 1 heterocycles. The molecule has 2 N–H and O–H groups in total. The van der Waals surface area contributed by atoms with Crippen molar-refractivity contribution in [3.05, 3.63) is 82.2 Å². The van der Waals surface area contributed by atoms with Gasteiger partial charge >= 0.3 is 6.18 Å². The number of nitro benzene ring substituents is 1. The molecule has 11 heteroatoms. The predicted molar refractivity (Wildman–Crippen MR) is 92.8 cm³/mol. The molecule has 0 aliphatic heterocycles. The summed E-state index contributed by atoms with van der Waals surface area (Å²) in [7, 11) is 0. The molecule has 0 fully saturated rings. The van der Waals surface area contributed by atoms with Gasteiger partial charge in [-0.2, -0.15) is 18.3 Å². The molecule has 3 rings (SSSR count). The van der Waals surface area contributed by atoms with Crippen LogP contribution in [0.4, 0.5) is 24.5 Å². The average Bonchev–Trinajstić information content (AvgIpc) is 3.20. The number of amides is 1. The standard InChI is InChI=1S/C17H12F3N5O3/c18-17(19,20)12-4-7-14(15(10-12)25(27)28)22-23-16(26)11-2-5-13(6-3-11)24-9-1-8-21-24/h1-10,22H,(H,23,26). The summed E-state index contributed by atoms with van der Waals surface area (Å²) in [5.74, 6) is -0.624. The van der Waals surface area contributed by atoms with Crippen molar-refractivity contribution in [1.82, 2.24) is 15.2 Å². The molecule has 0 unspecified atom stereocenters. The topological polar surface area (TPSA) is 102 Å². The van der Waals surface area contributed by atoms with E-state index in [4.69, 9.17) is 0 Å². The van der Waals surface area contributed by atoms with Gasteiger partial charge in [0.2, 0.25) is 0 Å². The summed E-state index contributed by atoms with van der Waals surface area (Å²) in [4.78, 5) is 22.3. The normalized spacial score (nSPS) is 11.1. The van der Waals surface area contributed by atoms with Crippen LogP contribution in [0.3, 0.4) is 0 Å². The maximum atomic E-state index is 12.7. The highest BCUT2D eigenvalue weighted by Crippen LogP contribution is 2.34. The summed E-state index contributed by atoms with van der Waals surface area (Å²) in [5, 5.41) is 15.1. The second kappa shape index (κ2) is 7.39. The fraction of sp³-hybridized carbons (Fsp3) is 0.0588. The van der Waals surface area contributed by atoms with Crippen LogP contribution in [0.1, 0.15) is 15.9 Å². The SMILES string of the molecule is O=C(NNc1ccc(C(F)(F)F)cc1[N+](=O)[O-])c1ccc(-n2cccn2)cc1. The lowest BCUT2D eigenvalue weighted by atomic mass is 10.1. The van der Waals surface area contributed by atoms with E-state index < -0.39 is 28.3 Å². The summed E-state index contributed by atoms with van der Waals surface area (Å²) in [6.07, 6.45) is -1.40. The molecule has 0 aliphatic carbocycles. The number of aromatic nitrogens is 2. The summed E-state index contributed by atoms with van der Waals surface area (Å²) in [6.45, 7) is 0. The number of benzene rings is 2. The van der Waals surface area contributed by atoms with Crippen LogP contribution in [0.2, 0.25) is 0 Å². The maximum absolute atomic E-state index is 12.7. The number of carbonyl (C=O) groups is 1. The molecule has 0 aliphatic rings. The van der Waals surface area contributed by atoms with Crippen molar-refractivity contribution in [2.24, 2.45) is 0 Å². The van der Waals surface area contributed by atoms with E-state index in [1.165, 1.54) is 12.1 Å². The molecule has 1 aromatic heterocycles. The Morgan fingerprint density at radius 1 is 1.14 bits per heavy atom. The van der Waals surface area contributed by atoms with Crippen LogP contribution in [0.25, 0.3) is 5.69 Å². The third kappa shape index (κ3) is 4.09. The number of hydrogen-bond acceptors (Lipinski definition) is 5. The largest absolute Gasteiger partial charge is 0.416 e. The van der Waals surface area contributed by atoms with E-state index in [1.807, 2.05) is 0 Å². The molecule has 0 radical (unpaired) electrons. The van der Waals surface area contributed by atoms with Gasteiger partial charge in [-0.15, -0.1) is 0 Å². The first-order valence-corrected chi connectivity index (χ1v) is 7.78. The van der Waals surface area contributed by atoms with Crippen molar-refractivity contribution >= 4 is 17.3 Å². The highest BCUT2D eigenvalue weighted by molar-refractivity contribution is 5.95. The molecule has 0 spiro atoms. The molecule has 0 saturated carbocycles. The zero-order valence-corrected chi connectivity index (χ0v) is 14.0. The van der Waals surface area contributed by atoms with Gasteiger partial charge in [0.05, 0.1) is 16.2 Å². The molecule has 1 amide bonds. The number of hydrazine groups is 1. The van der Waals surface area contributed by atoms with Crippen molar-refractivity contribution in [3.8, 4) is 5.69 Å². The van der Waals surface area contributed by atoms with Crippen molar-refractivity contribution in [1.29, 1.82) is 0 Å². The Morgan fingerprint density at radius 3 is 2.43 bits per heavy atom. The Morgan fingerprint density at radius 2 is 1.86 bits per heavy atom. The quantitative estimate of drug-likeness (QED) is 0.512. The Labute approximate surface area is 155 Å². The molecule has 3 aromatic rings. The van der Waals surface area contributed by atoms with Crippen molar-refractivity contribution < 1.29 is 22.9 Å². The first kappa shape index (κ1) is 18.9. The van der Waals surface area contributed by atoms with Crippen LogP contribution in [-0.4, -0.2) is 20.6 Å². The second-order valence-electron chi connectivity index (χ2n) is 5.56. The minimum atomic E-state index is -4.72. The maximum Gasteiger partial charge on any atom is 0.416 e. The molecule has 0 saturated heterocycles. The lowest BCUT2D eigenvalue weighted by Gasteiger charge is -2.11. The van der Waals surface area contributed by atoms with Gasteiger partial charge in [-0.25, -0.2) is 4.68 Å². The number of nitrogens with zero attached hydrogens (tertiary/aromatic N) is 3. The fourth-order valence-electron chi connectivity index (χ4n) is 2.35. The van der Waals surface area contributed by atoms with Gasteiger partial charge in [0.25, 0.3) is 11.6 Å². The van der Waals surface area contributed by atoms with E-state index in [-0.39, 0.29) is 11.3 Å². The Kier molecular flexibility index (Phi) is 4.98. The van der Waals surface area contributed by atoms with E-state index in [0.717, 1.165) is 6.07 Å². The number of carbonyl (C=O) groups excluding carboxylic acids is 1. The van der Waals surface area contributed by atoms with E-state index in [0.29, 0.717) is 17.8 Å². The van der Waals surface area contributed by atoms with Crippen LogP contribution < -0.4 is 10.9 Å². The van der Waals surface area contributed by atoms with E-state index in [9.17, 15) is 28.1 Å². The lowest BCUT2D eigenvalue weighted by molar-refractivity contribution is -0.384. The molecule has 0 bridgehead atoms. The number of hydrogen-bond donors (Lipinski definition) is 2. The van der Waals surface area contributed by atoms with Crippen LogP contribution >= 0.6 is 0 Å². The number of halogens is 3. The molecule has 8 nitrogen and oxygen atoms in total. The van der Waals surface area contributed by atoms with Crippen LogP contribution in [0.15, 0.2) is 60.9 Å². The van der Waals surface area contributed by atoms with Crippen molar-refractivity contribution in [2.45, 2.75) is 6.18 Å². The Hall–Kier alpha value is -3.89. The van der Waals surface area contributed by atoms with Crippen LogP contribution in [0, 0.1) is 10.1 Å². The first-order valence-electron chi connectivity index (χ1n) is 7.78. The summed E-state index contributed by atoms with van der Waals surface area (Å²) in [5.41, 5.74) is 3.21. The molecular formula is C17H12F3N5O3. The van der Waals surface area contributed by atoms with Gasteiger partial charge in [-0.1, -0.05) is 0 Å². The molecule has 0 atom stereocenters. The molecule has 144 valence electrons. The number of rotatable bonds is 5. The number of nitro groups is 1. The molecule has 28 heavy (non-hydrogen) atoms. The highest BCUT2D eigenvalue weighted by Gasteiger charge is 2.33. The van der Waals surface area contributed by atoms with Crippen molar-refractivity contribution in [2.75, 3.05) is 5.43 Å². The summed E-state index contributed by atoms with van der Waals surface area (Å²) >= 11 is 0. The minimum absolute atomic E-state index is 0.234. The van der Waals surface area contributed by atoms with E-state index >= 15 is 0 Å². The van der Waals surface area contributed by atoms with Crippen LogP contribution in [0.5, 0.6) is 0 Å². The number of anilines is 1. The highest BCUT2D eigenvalue weighted by atomic mass is 19.4. The first-order chi connectivity index (χ1) is 13.3. The van der Waals surface area contributed by atoms with Crippen molar-refractivity contribution in [3.63, 3.8) is 0 Å². The fourth-order valence-corrected chi connectivity index (χ4v) is 2.35. The smallest absolute Gasteiger partial charge is 0.292 e. The van der Waals surface area contributed by atoms with Gasteiger partial charge in [0.15, 0.2) is 0 Å². The van der Waals surface area contributed by atoms with E-state index in [2.05, 4.69) is 16.0 Å². The van der Waals surface area contributed by atoms with Gasteiger partial charge in [0.1, 0.15) is 5.69 Å². The van der Waals surface area contributed by atoms with Gasteiger partial charge in [0, 0.05) is 24.0 Å². The third-order valence-electron chi connectivity index (χ3n) is 3.73. The monoisotopic (exact) mass is 391 g/mol. The number of nitrogens with one attached hydrogen (secondary N) is 2. The summed E-state index contributed by atoms with van der Waals surface area (Å²) in [6, 6.07) is 9.99. The zero-order valence-electron chi connectivity index (χ0n) is 14.0. The average molecular weight is 391 g/mol.